The summed E-state index contributed by atoms with van der Waals surface area (Å²) in [5, 5.41) is 4.03. The summed E-state index contributed by atoms with van der Waals surface area (Å²) in [7, 11) is 1.54. The van der Waals surface area contributed by atoms with E-state index in [2.05, 4.69) is 10.1 Å². The van der Waals surface area contributed by atoms with Crippen LogP contribution in [-0.2, 0) is 0 Å². The molecule has 0 fully saturated rings. The molecule has 0 saturated carbocycles. The van der Waals surface area contributed by atoms with Crippen LogP contribution in [0.1, 0.15) is 10.4 Å². The van der Waals surface area contributed by atoms with Crippen molar-refractivity contribution in [2.75, 3.05) is 7.11 Å². The summed E-state index contributed by atoms with van der Waals surface area (Å²) in [4.78, 5) is 14.5. The van der Waals surface area contributed by atoms with Crippen LogP contribution in [0.25, 0.3) is 5.69 Å². The topological polar surface area (TPSA) is 57.0 Å². The number of methoxy groups -OCH3 is 1. The summed E-state index contributed by atoms with van der Waals surface area (Å²) in [6, 6.07) is 3.59. The van der Waals surface area contributed by atoms with Gasteiger partial charge >= 0.3 is 0 Å². The zero-order valence-corrected chi connectivity index (χ0v) is 8.12. The summed E-state index contributed by atoms with van der Waals surface area (Å²) in [5.74, 6) is 0.470. The van der Waals surface area contributed by atoms with Crippen LogP contribution in [0.2, 0.25) is 0 Å². The molecule has 0 atom stereocenters. The molecular formula is C10H9N3O2. The first-order chi connectivity index (χ1) is 7.35. The van der Waals surface area contributed by atoms with Crippen LogP contribution in [0, 0.1) is 0 Å². The van der Waals surface area contributed by atoms with Crippen LogP contribution < -0.4 is 4.74 Å². The van der Waals surface area contributed by atoms with Crippen LogP contribution >= 0.6 is 0 Å². The predicted molar refractivity (Wildman–Crippen MR) is 53.3 cm³/mol. The van der Waals surface area contributed by atoms with Crippen LogP contribution in [0.3, 0.4) is 0 Å². The molecule has 0 amide bonds. The highest BCUT2D eigenvalue weighted by atomic mass is 16.5. The molecule has 5 heteroatoms. The summed E-state index contributed by atoms with van der Waals surface area (Å²) in [6.07, 6.45) is 5.48. The third-order valence-corrected chi connectivity index (χ3v) is 1.93. The average molecular weight is 203 g/mol. The molecule has 0 N–H and O–H groups in total. The molecule has 5 nitrogen and oxygen atoms in total. The first-order valence-corrected chi connectivity index (χ1v) is 4.34. The molecule has 0 aliphatic carbocycles. The van der Waals surface area contributed by atoms with E-state index in [-0.39, 0.29) is 0 Å². The number of pyridine rings is 1. The van der Waals surface area contributed by atoms with Gasteiger partial charge in [-0.05, 0) is 12.1 Å². The Kier molecular flexibility index (Phi) is 2.45. The number of aromatic nitrogens is 3. The molecule has 76 valence electrons. The Morgan fingerprint density at radius 1 is 1.53 bits per heavy atom. The van der Waals surface area contributed by atoms with Gasteiger partial charge < -0.3 is 4.74 Å². The molecule has 0 aromatic carbocycles. The second-order valence-electron chi connectivity index (χ2n) is 2.87. The maximum atomic E-state index is 10.5. The molecule has 0 spiro atoms. The fraction of sp³-hybridized carbons (Fsp3) is 0.100. The van der Waals surface area contributed by atoms with Crippen LogP contribution in [-0.4, -0.2) is 28.2 Å². The molecule has 0 saturated heterocycles. The van der Waals surface area contributed by atoms with Gasteiger partial charge in [-0.2, -0.15) is 5.10 Å². The first-order valence-electron chi connectivity index (χ1n) is 4.34. The minimum Gasteiger partial charge on any atom is -0.479 e. The Morgan fingerprint density at radius 2 is 2.40 bits per heavy atom. The number of aldehydes is 1. The van der Waals surface area contributed by atoms with Crippen LogP contribution in [0.15, 0.2) is 30.7 Å². The van der Waals surface area contributed by atoms with Crippen molar-refractivity contribution in [2.45, 2.75) is 0 Å². The lowest BCUT2D eigenvalue weighted by Gasteiger charge is -2.05. The summed E-state index contributed by atoms with van der Waals surface area (Å²) in [6.45, 7) is 0. The largest absolute Gasteiger partial charge is 0.479 e. The van der Waals surface area contributed by atoms with Gasteiger partial charge in [0.05, 0.1) is 18.9 Å². The Labute approximate surface area is 86.3 Å². The smallest absolute Gasteiger partial charge is 0.239 e. The summed E-state index contributed by atoms with van der Waals surface area (Å²) < 4.78 is 6.63. The van der Waals surface area contributed by atoms with Crippen molar-refractivity contribution in [1.82, 2.24) is 14.8 Å². The lowest BCUT2D eigenvalue weighted by atomic mass is 10.4. The molecule has 0 radical (unpaired) electrons. The number of hydrogen-bond acceptors (Lipinski definition) is 4. The van der Waals surface area contributed by atoms with E-state index in [9.17, 15) is 4.79 Å². The molecule has 0 bridgehead atoms. The quantitative estimate of drug-likeness (QED) is 0.700. The van der Waals surface area contributed by atoms with E-state index in [1.807, 2.05) is 6.07 Å². The van der Waals surface area contributed by atoms with Crippen molar-refractivity contribution in [2.24, 2.45) is 0 Å². The van der Waals surface area contributed by atoms with E-state index in [0.29, 0.717) is 17.1 Å². The average Bonchev–Trinajstić information content (AvgIpc) is 2.77. The summed E-state index contributed by atoms with van der Waals surface area (Å²) >= 11 is 0. The SMILES string of the molecule is COc1ncccc1-n1cc(C=O)cn1. The highest BCUT2D eigenvalue weighted by Gasteiger charge is 2.06. The Morgan fingerprint density at radius 3 is 3.07 bits per heavy atom. The van der Waals surface area contributed by atoms with Crippen molar-refractivity contribution >= 4 is 6.29 Å². The zero-order valence-electron chi connectivity index (χ0n) is 8.12. The van der Waals surface area contributed by atoms with E-state index in [1.54, 1.807) is 23.1 Å². The number of nitrogens with zero attached hydrogens (tertiary/aromatic N) is 3. The van der Waals surface area contributed by atoms with Crippen molar-refractivity contribution in [3.8, 4) is 11.6 Å². The minimum atomic E-state index is 0.470. The van der Waals surface area contributed by atoms with E-state index < -0.39 is 0 Å². The lowest BCUT2D eigenvalue weighted by Crippen LogP contribution is -1.99. The molecule has 2 aromatic heterocycles. The monoisotopic (exact) mass is 203 g/mol. The highest BCUT2D eigenvalue weighted by Crippen LogP contribution is 2.17. The maximum Gasteiger partial charge on any atom is 0.239 e. The highest BCUT2D eigenvalue weighted by molar-refractivity contribution is 5.73. The maximum absolute atomic E-state index is 10.5. The normalized spacial score (nSPS) is 9.93. The number of hydrogen-bond donors (Lipinski definition) is 0. The Bertz CT molecular complexity index is 479. The van der Waals surface area contributed by atoms with Crippen molar-refractivity contribution in [1.29, 1.82) is 0 Å². The standard InChI is InChI=1S/C10H9N3O2/c1-15-10-9(3-2-4-11-10)13-6-8(7-14)5-12-13/h2-7H,1H3. The number of carbonyl (C=O) groups excluding carboxylic acids is 1. The molecular weight excluding hydrogens is 194 g/mol. The second kappa shape index (κ2) is 3.91. The third-order valence-electron chi connectivity index (χ3n) is 1.93. The molecule has 0 unspecified atom stereocenters. The van der Waals surface area contributed by atoms with E-state index >= 15 is 0 Å². The molecule has 0 aliphatic rings. The van der Waals surface area contributed by atoms with E-state index in [1.165, 1.54) is 13.3 Å². The van der Waals surface area contributed by atoms with Gasteiger partial charge in [-0.3, -0.25) is 4.79 Å². The number of carbonyl (C=O) groups is 1. The fourth-order valence-corrected chi connectivity index (χ4v) is 1.24. The van der Waals surface area contributed by atoms with Gasteiger partial charge in [0.1, 0.15) is 5.69 Å². The van der Waals surface area contributed by atoms with Gasteiger partial charge in [-0.25, -0.2) is 9.67 Å². The molecule has 2 rings (SSSR count). The van der Waals surface area contributed by atoms with Crippen molar-refractivity contribution in [3.63, 3.8) is 0 Å². The van der Waals surface area contributed by atoms with Crippen molar-refractivity contribution in [3.05, 3.63) is 36.3 Å². The number of ether oxygens (including phenoxy) is 1. The molecule has 2 heterocycles. The minimum absolute atomic E-state index is 0.470. The van der Waals surface area contributed by atoms with Gasteiger partial charge in [0.2, 0.25) is 5.88 Å². The van der Waals surface area contributed by atoms with Gasteiger partial charge in [0.25, 0.3) is 0 Å². The zero-order chi connectivity index (χ0) is 10.7. The fourth-order valence-electron chi connectivity index (χ4n) is 1.24. The molecule has 0 aliphatic heterocycles. The van der Waals surface area contributed by atoms with E-state index in [0.717, 1.165) is 6.29 Å². The molecule has 15 heavy (non-hydrogen) atoms. The van der Waals surface area contributed by atoms with Crippen LogP contribution in [0.5, 0.6) is 5.88 Å². The van der Waals surface area contributed by atoms with Gasteiger partial charge in [0, 0.05) is 12.4 Å². The van der Waals surface area contributed by atoms with Crippen LogP contribution in [0.4, 0.5) is 0 Å². The second-order valence-corrected chi connectivity index (χ2v) is 2.87. The Hall–Kier alpha value is -2.17. The van der Waals surface area contributed by atoms with Crippen molar-refractivity contribution < 1.29 is 9.53 Å². The van der Waals surface area contributed by atoms with Gasteiger partial charge in [0.15, 0.2) is 6.29 Å². The van der Waals surface area contributed by atoms with E-state index in [4.69, 9.17) is 4.74 Å². The predicted octanol–water partition coefficient (Wildman–Crippen LogP) is 1.09. The summed E-state index contributed by atoms with van der Waals surface area (Å²) in [5.41, 5.74) is 1.22. The third kappa shape index (κ3) is 1.71. The number of rotatable bonds is 3. The van der Waals surface area contributed by atoms with Gasteiger partial charge in [-0.15, -0.1) is 0 Å². The van der Waals surface area contributed by atoms with Gasteiger partial charge in [-0.1, -0.05) is 0 Å². The lowest BCUT2D eigenvalue weighted by molar-refractivity contribution is 0.112. The first kappa shape index (κ1) is 9.39. The molecule has 2 aromatic rings. The Balaban J connectivity index is 2.48.